The van der Waals surface area contributed by atoms with Crippen molar-refractivity contribution in [1.29, 1.82) is 0 Å². The number of carbonyl (C=O) groups is 1. The van der Waals surface area contributed by atoms with Crippen LogP contribution in [0.3, 0.4) is 0 Å². The van der Waals surface area contributed by atoms with E-state index in [2.05, 4.69) is 0 Å². The Bertz CT molecular complexity index is 1370. The summed E-state index contributed by atoms with van der Waals surface area (Å²) in [7, 11) is 0. The average molecular weight is 427 g/mol. The Morgan fingerprint density at radius 3 is 2.38 bits per heavy atom. The van der Waals surface area contributed by atoms with Crippen molar-refractivity contribution in [3.8, 4) is 0 Å². The fourth-order valence-electron chi connectivity index (χ4n) is 4.46. The van der Waals surface area contributed by atoms with Gasteiger partial charge in [-0.15, -0.1) is 0 Å². The predicted octanol–water partition coefficient (Wildman–Crippen LogP) is 4.42. The summed E-state index contributed by atoms with van der Waals surface area (Å²) in [6.45, 7) is 2.08. The standard InChI is InChI=1S/C26H22FN3O2/c1-17-25(31)29(16-18-9-3-2-4-10-18)23(15-19-11-5-7-13-21(19)27)24-28-22-14-8-6-12-20(22)26(32)30(17)24/h2-14,17,23H,15-16H2,1H3/t17-,23-/m0/s1. The van der Waals surface area contributed by atoms with Gasteiger partial charge in [0.2, 0.25) is 5.91 Å². The lowest BCUT2D eigenvalue weighted by atomic mass is 9.98. The number of nitrogens with zero attached hydrogens (tertiary/aromatic N) is 3. The first-order valence-electron chi connectivity index (χ1n) is 10.6. The molecule has 2 atom stereocenters. The Morgan fingerprint density at radius 1 is 0.906 bits per heavy atom. The predicted molar refractivity (Wildman–Crippen MR) is 121 cm³/mol. The van der Waals surface area contributed by atoms with Crippen LogP contribution in [0, 0.1) is 5.82 Å². The van der Waals surface area contributed by atoms with Crippen LogP contribution >= 0.6 is 0 Å². The minimum atomic E-state index is -0.699. The zero-order chi connectivity index (χ0) is 22.2. The van der Waals surface area contributed by atoms with E-state index in [1.165, 1.54) is 10.6 Å². The van der Waals surface area contributed by atoms with Gasteiger partial charge in [0.25, 0.3) is 5.56 Å². The van der Waals surface area contributed by atoms with Crippen LogP contribution in [0.5, 0.6) is 0 Å². The molecule has 0 radical (unpaired) electrons. The van der Waals surface area contributed by atoms with Crippen molar-refractivity contribution in [2.75, 3.05) is 0 Å². The van der Waals surface area contributed by atoms with Gasteiger partial charge in [-0.05, 0) is 36.2 Å². The molecule has 1 amide bonds. The zero-order valence-electron chi connectivity index (χ0n) is 17.6. The number of amides is 1. The van der Waals surface area contributed by atoms with E-state index in [0.29, 0.717) is 28.8 Å². The Hall–Kier alpha value is -3.80. The van der Waals surface area contributed by atoms with Crippen molar-refractivity contribution in [1.82, 2.24) is 14.5 Å². The van der Waals surface area contributed by atoms with Gasteiger partial charge in [0, 0.05) is 13.0 Å². The molecule has 0 saturated heterocycles. The summed E-state index contributed by atoms with van der Waals surface area (Å²) in [5, 5.41) is 0.469. The number of rotatable bonds is 4. The Kier molecular flexibility index (Phi) is 5.05. The van der Waals surface area contributed by atoms with E-state index in [0.717, 1.165) is 5.56 Å². The van der Waals surface area contributed by atoms with Crippen LogP contribution in [0.2, 0.25) is 0 Å². The number of halogens is 1. The third kappa shape index (κ3) is 3.38. The molecule has 1 aromatic heterocycles. The molecule has 0 bridgehead atoms. The third-order valence-corrected chi connectivity index (χ3v) is 6.10. The molecule has 4 aromatic rings. The Balaban J connectivity index is 1.70. The molecular weight excluding hydrogens is 405 g/mol. The molecular formula is C26H22FN3O2. The van der Waals surface area contributed by atoms with Gasteiger partial charge in [-0.1, -0.05) is 60.7 Å². The van der Waals surface area contributed by atoms with Crippen molar-refractivity contribution >= 4 is 16.8 Å². The SMILES string of the molecule is C[C@H]1C(=O)N(Cc2ccccc2)[C@@H](Cc2ccccc2F)c2nc3ccccc3c(=O)n21. The van der Waals surface area contributed by atoms with Gasteiger partial charge in [-0.25, -0.2) is 9.37 Å². The zero-order valence-corrected chi connectivity index (χ0v) is 17.6. The normalized spacial score (nSPS) is 18.1. The molecule has 160 valence electrons. The molecule has 3 aromatic carbocycles. The van der Waals surface area contributed by atoms with Crippen molar-refractivity contribution in [2.24, 2.45) is 0 Å². The van der Waals surface area contributed by atoms with Crippen molar-refractivity contribution in [3.05, 3.63) is 112 Å². The van der Waals surface area contributed by atoms with Crippen LogP contribution < -0.4 is 5.56 Å². The summed E-state index contributed by atoms with van der Waals surface area (Å²) in [6, 6.07) is 22.0. The highest BCUT2D eigenvalue weighted by atomic mass is 19.1. The summed E-state index contributed by atoms with van der Waals surface area (Å²) in [4.78, 5) is 33.4. The van der Waals surface area contributed by atoms with Gasteiger partial charge >= 0.3 is 0 Å². The first-order valence-corrected chi connectivity index (χ1v) is 10.6. The summed E-state index contributed by atoms with van der Waals surface area (Å²) in [6.07, 6.45) is 0.225. The lowest BCUT2D eigenvalue weighted by molar-refractivity contribution is -0.140. The maximum Gasteiger partial charge on any atom is 0.262 e. The van der Waals surface area contributed by atoms with Gasteiger partial charge in [-0.3, -0.25) is 14.2 Å². The maximum atomic E-state index is 14.6. The summed E-state index contributed by atoms with van der Waals surface area (Å²) >= 11 is 0. The van der Waals surface area contributed by atoms with Crippen molar-refractivity contribution in [2.45, 2.75) is 32.0 Å². The van der Waals surface area contributed by atoms with Crippen molar-refractivity contribution < 1.29 is 9.18 Å². The Morgan fingerprint density at radius 2 is 1.59 bits per heavy atom. The first kappa shape index (κ1) is 20.1. The quantitative estimate of drug-likeness (QED) is 0.484. The second kappa shape index (κ2) is 8.04. The molecule has 0 N–H and O–H groups in total. The fourth-order valence-corrected chi connectivity index (χ4v) is 4.46. The first-order chi connectivity index (χ1) is 15.5. The summed E-state index contributed by atoms with van der Waals surface area (Å²) in [5.74, 6) is -0.0326. The maximum absolute atomic E-state index is 14.6. The van der Waals surface area contributed by atoms with E-state index in [9.17, 15) is 14.0 Å². The van der Waals surface area contributed by atoms with Crippen LogP contribution in [-0.2, 0) is 17.8 Å². The van der Waals surface area contributed by atoms with Gasteiger partial charge < -0.3 is 4.90 Å². The highest BCUT2D eigenvalue weighted by Crippen LogP contribution is 2.34. The van der Waals surface area contributed by atoms with Gasteiger partial charge in [0.1, 0.15) is 17.7 Å². The molecule has 0 aliphatic carbocycles. The molecule has 0 fully saturated rings. The monoisotopic (exact) mass is 427 g/mol. The lowest BCUT2D eigenvalue weighted by Crippen LogP contribution is -2.49. The molecule has 0 unspecified atom stereocenters. The summed E-state index contributed by atoms with van der Waals surface area (Å²) in [5.41, 5.74) is 1.77. The number of carbonyl (C=O) groups excluding carboxylic acids is 1. The highest BCUT2D eigenvalue weighted by molar-refractivity contribution is 5.83. The van der Waals surface area contributed by atoms with Crippen LogP contribution in [0.1, 0.15) is 36.0 Å². The number of benzene rings is 3. The number of hydrogen-bond donors (Lipinski definition) is 0. The number of para-hydroxylation sites is 1. The van der Waals surface area contributed by atoms with E-state index in [-0.39, 0.29) is 23.7 Å². The van der Waals surface area contributed by atoms with Crippen molar-refractivity contribution in [3.63, 3.8) is 0 Å². The van der Waals surface area contributed by atoms with Gasteiger partial charge in [0.15, 0.2) is 0 Å². The number of aromatic nitrogens is 2. The highest BCUT2D eigenvalue weighted by Gasteiger charge is 2.39. The second-order valence-corrected chi connectivity index (χ2v) is 8.10. The van der Waals surface area contributed by atoms with E-state index in [4.69, 9.17) is 4.98 Å². The lowest BCUT2D eigenvalue weighted by Gasteiger charge is -2.40. The molecule has 0 saturated carbocycles. The largest absolute Gasteiger partial charge is 0.326 e. The van der Waals surface area contributed by atoms with Gasteiger partial charge in [0.05, 0.1) is 16.9 Å². The number of fused-ring (bicyclic) bond motifs is 2. The van der Waals surface area contributed by atoms with Gasteiger partial charge in [-0.2, -0.15) is 0 Å². The molecule has 5 rings (SSSR count). The van der Waals surface area contributed by atoms with Crippen LogP contribution in [0.15, 0.2) is 83.7 Å². The molecule has 2 heterocycles. The third-order valence-electron chi connectivity index (χ3n) is 6.10. The second-order valence-electron chi connectivity index (χ2n) is 8.10. The topological polar surface area (TPSA) is 55.2 Å². The average Bonchev–Trinajstić information content (AvgIpc) is 2.81. The molecule has 6 heteroatoms. The fraction of sp³-hybridized carbons (Fsp3) is 0.192. The minimum Gasteiger partial charge on any atom is -0.326 e. The van der Waals surface area contributed by atoms with E-state index < -0.39 is 12.1 Å². The van der Waals surface area contributed by atoms with E-state index in [1.807, 2.05) is 36.4 Å². The van der Waals surface area contributed by atoms with Crippen LogP contribution in [-0.4, -0.2) is 20.4 Å². The summed E-state index contributed by atoms with van der Waals surface area (Å²) < 4.78 is 16.1. The molecule has 32 heavy (non-hydrogen) atoms. The van der Waals surface area contributed by atoms with E-state index >= 15 is 0 Å². The minimum absolute atomic E-state index is 0.179. The van der Waals surface area contributed by atoms with Crippen LogP contribution in [0.25, 0.3) is 10.9 Å². The molecule has 1 aliphatic heterocycles. The Labute approximate surface area is 184 Å². The number of hydrogen-bond acceptors (Lipinski definition) is 3. The molecule has 0 spiro atoms. The molecule has 1 aliphatic rings. The smallest absolute Gasteiger partial charge is 0.262 e. The van der Waals surface area contributed by atoms with E-state index in [1.54, 1.807) is 48.2 Å². The molecule has 5 nitrogen and oxygen atoms in total. The van der Waals surface area contributed by atoms with Crippen LogP contribution in [0.4, 0.5) is 4.39 Å².